The molecule has 0 aromatic heterocycles. The number of amides is 1. The molecular formula is C58H97NO5. The molecular weight excluding hydrogens is 791 g/mol. The van der Waals surface area contributed by atoms with Crippen molar-refractivity contribution in [3.05, 3.63) is 109 Å². The van der Waals surface area contributed by atoms with Crippen LogP contribution in [0, 0.1) is 0 Å². The van der Waals surface area contributed by atoms with Gasteiger partial charge in [0.15, 0.2) is 0 Å². The number of unbranched alkanes of at least 4 members (excludes halogenated alkanes) is 20. The van der Waals surface area contributed by atoms with Crippen molar-refractivity contribution in [2.75, 3.05) is 6.61 Å². The van der Waals surface area contributed by atoms with Crippen LogP contribution in [0.4, 0.5) is 0 Å². The van der Waals surface area contributed by atoms with Gasteiger partial charge in [0.2, 0.25) is 5.91 Å². The minimum absolute atomic E-state index is 0.0222. The van der Waals surface area contributed by atoms with Gasteiger partial charge in [0.25, 0.3) is 0 Å². The van der Waals surface area contributed by atoms with Crippen molar-refractivity contribution in [3.8, 4) is 0 Å². The number of carbonyl (C=O) groups is 2. The van der Waals surface area contributed by atoms with Gasteiger partial charge in [-0.15, -0.1) is 0 Å². The van der Waals surface area contributed by atoms with E-state index < -0.39 is 18.2 Å². The fraction of sp³-hybridized carbons (Fsp3) is 0.655. The van der Waals surface area contributed by atoms with Crippen molar-refractivity contribution in [2.24, 2.45) is 0 Å². The van der Waals surface area contributed by atoms with Gasteiger partial charge in [-0.05, 0) is 64.2 Å². The van der Waals surface area contributed by atoms with Crippen molar-refractivity contribution in [1.29, 1.82) is 0 Å². The van der Waals surface area contributed by atoms with Crippen molar-refractivity contribution in [3.63, 3.8) is 0 Å². The molecule has 0 fully saturated rings. The van der Waals surface area contributed by atoms with Crippen LogP contribution in [0.15, 0.2) is 109 Å². The van der Waals surface area contributed by atoms with E-state index in [4.69, 9.17) is 4.74 Å². The van der Waals surface area contributed by atoms with Crippen LogP contribution >= 0.6 is 0 Å². The van der Waals surface area contributed by atoms with Crippen LogP contribution in [-0.2, 0) is 14.3 Å². The molecule has 0 heterocycles. The third kappa shape index (κ3) is 45.1. The summed E-state index contributed by atoms with van der Waals surface area (Å²) in [5, 5.41) is 23.8. The van der Waals surface area contributed by atoms with Crippen LogP contribution in [0.1, 0.15) is 220 Å². The van der Waals surface area contributed by atoms with E-state index in [1.807, 2.05) is 60.8 Å². The minimum atomic E-state index is -0.825. The molecule has 0 radical (unpaired) electrons. The van der Waals surface area contributed by atoms with Crippen LogP contribution in [0.2, 0.25) is 0 Å². The second-order valence-electron chi connectivity index (χ2n) is 17.3. The number of ether oxygens (including phenoxy) is 1. The van der Waals surface area contributed by atoms with Gasteiger partial charge in [-0.25, -0.2) is 0 Å². The summed E-state index contributed by atoms with van der Waals surface area (Å²) in [6.07, 6.45) is 68.7. The van der Waals surface area contributed by atoms with E-state index in [0.29, 0.717) is 19.3 Å². The molecule has 0 aromatic carbocycles. The largest absolute Gasteiger partial charge is 0.461 e. The lowest BCUT2D eigenvalue weighted by atomic mass is 10.0. The maximum absolute atomic E-state index is 13.2. The maximum Gasteiger partial charge on any atom is 0.306 e. The van der Waals surface area contributed by atoms with Crippen LogP contribution in [0.5, 0.6) is 0 Å². The fourth-order valence-electron chi connectivity index (χ4n) is 7.25. The summed E-state index contributed by atoms with van der Waals surface area (Å²) in [6, 6.07) is -0.747. The van der Waals surface area contributed by atoms with Gasteiger partial charge in [-0.1, -0.05) is 246 Å². The van der Waals surface area contributed by atoms with Crippen molar-refractivity contribution < 1.29 is 24.5 Å². The van der Waals surface area contributed by atoms with Crippen LogP contribution < -0.4 is 5.32 Å². The number of esters is 1. The molecule has 364 valence electrons. The smallest absolute Gasteiger partial charge is 0.306 e. The third-order valence-corrected chi connectivity index (χ3v) is 11.2. The molecule has 0 rings (SSSR count). The molecule has 6 nitrogen and oxygen atoms in total. The van der Waals surface area contributed by atoms with E-state index in [0.717, 1.165) is 77.0 Å². The molecule has 0 aromatic rings. The number of allylic oxidation sites excluding steroid dienone is 17. The lowest BCUT2D eigenvalue weighted by molar-refractivity contribution is -0.150. The van der Waals surface area contributed by atoms with Crippen molar-refractivity contribution in [1.82, 2.24) is 5.32 Å². The molecule has 3 unspecified atom stereocenters. The van der Waals surface area contributed by atoms with Gasteiger partial charge in [0, 0.05) is 12.8 Å². The summed E-state index contributed by atoms with van der Waals surface area (Å²) < 4.78 is 5.85. The Labute approximate surface area is 394 Å². The molecule has 0 bridgehead atoms. The second-order valence-corrected chi connectivity index (χ2v) is 17.3. The molecule has 3 N–H and O–H groups in total. The van der Waals surface area contributed by atoms with Gasteiger partial charge in [0.05, 0.1) is 25.2 Å². The molecule has 0 saturated carbocycles. The number of rotatable bonds is 45. The summed E-state index contributed by atoms with van der Waals surface area (Å²) in [4.78, 5) is 26.1. The first-order valence-electron chi connectivity index (χ1n) is 26.2. The van der Waals surface area contributed by atoms with Crippen LogP contribution in [0.25, 0.3) is 0 Å². The highest BCUT2D eigenvalue weighted by atomic mass is 16.5. The minimum Gasteiger partial charge on any atom is -0.461 e. The number of nitrogens with one attached hydrogen (secondary N) is 1. The van der Waals surface area contributed by atoms with Gasteiger partial charge < -0.3 is 20.3 Å². The molecule has 0 aliphatic heterocycles. The molecule has 0 aliphatic rings. The topological polar surface area (TPSA) is 95.9 Å². The van der Waals surface area contributed by atoms with Gasteiger partial charge in [-0.2, -0.15) is 0 Å². The Morgan fingerprint density at radius 1 is 0.500 bits per heavy atom. The average molecular weight is 888 g/mol. The van der Waals surface area contributed by atoms with Gasteiger partial charge >= 0.3 is 5.97 Å². The summed E-state index contributed by atoms with van der Waals surface area (Å²) in [6.45, 7) is 6.27. The molecule has 64 heavy (non-hydrogen) atoms. The Kier molecular flexibility index (Phi) is 47.8. The SMILES string of the molecule is CC/C=C/C=C/C=C\C=C/C=C/CCCCCC(=O)OC(C/C=C\C/C=C\C/C=C\C/C=C\CCCCC)CC(=O)NC(CO)C(O)CCCCCCCCCCCCCCCCC. The summed E-state index contributed by atoms with van der Waals surface area (Å²) in [5.41, 5.74) is 0. The zero-order valence-electron chi connectivity index (χ0n) is 41.4. The first-order chi connectivity index (χ1) is 31.5. The molecule has 0 spiro atoms. The second kappa shape index (κ2) is 50.5. The number of hydrogen-bond donors (Lipinski definition) is 3. The first kappa shape index (κ1) is 60.5. The first-order valence-corrected chi connectivity index (χ1v) is 26.2. The Balaban J connectivity index is 4.79. The van der Waals surface area contributed by atoms with Crippen molar-refractivity contribution >= 4 is 11.9 Å². The van der Waals surface area contributed by atoms with E-state index in [2.05, 4.69) is 74.7 Å². The van der Waals surface area contributed by atoms with E-state index in [1.54, 1.807) is 0 Å². The number of hydrogen-bond acceptors (Lipinski definition) is 5. The van der Waals surface area contributed by atoms with Crippen LogP contribution in [0.3, 0.4) is 0 Å². The Morgan fingerprint density at radius 2 is 0.938 bits per heavy atom. The van der Waals surface area contributed by atoms with E-state index in [1.165, 1.54) is 96.3 Å². The molecule has 0 aliphatic carbocycles. The zero-order valence-corrected chi connectivity index (χ0v) is 41.4. The predicted octanol–water partition coefficient (Wildman–Crippen LogP) is 15.9. The molecule has 0 saturated heterocycles. The third-order valence-electron chi connectivity index (χ3n) is 11.2. The molecule has 6 heteroatoms. The predicted molar refractivity (Wildman–Crippen MR) is 277 cm³/mol. The average Bonchev–Trinajstić information content (AvgIpc) is 3.29. The highest BCUT2D eigenvalue weighted by molar-refractivity contribution is 5.77. The molecule has 3 atom stereocenters. The number of aliphatic hydroxyl groups is 2. The monoisotopic (exact) mass is 888 g/mol. The lowest BCUT2D eigenvalue weighted by Crippen LogP contribution is -2.46. The highest BCUT2D eigenvalue weighted by Crippen LogP contribution is 2.16. The zero-order chi connectivity index (χ0) is 46.7. The maximum atomic E-state index is 13.2. The highest BCUT2D eigenvalue weighted by Gasteiger charge is 2.23. The summed E-state index contributed by atoms with van der Waals surface area (Å²) in [7, 11) is 0. The Bertz CT molecular complexity index is 1320. The van der Waals surface area contributed by atoms with E-state index in [9.17, 15) is 19.8 Å². The van der Waals surface area contributed by atoms with Gasteiger partial charge in [-0.3, -0.25) is 9.59 Å². The van der Waals surface area contributed by atoms with Crippen molar-refractivity contribution in [2.45, 2.75) is 238 Å². The standard InChI is InChI=1S/C58H97NO5/c1-4-7-10-13-16-19-22-25-28-31-34-37-40-43-46-49-54(64-58(63)51-48-45-42-39-36-33-30-27-24-21-18-15-12-9-6-3)52-57(62)59-55(53-60)56(61)50-47-44-41-38-35-32-29-26-23-20-17-14-11-8-5-2/h9,12,15-16,18-19,21,24-25,27-28,30,33-34,36-37,43,46,54-56,60-61H,4-8,10-11,13-14,17,20,22-23,26,29,31-32,35,38-42,44-45,47-53H2,1-3H3,(H,59,62)/b12-9+,18-15+,19-16-,24-21-,28-25-,30-27-,36-33+,37-34-,46-43-. The Morgan fingerprint density at radius 3 is 1.48 bits per heavy atom. The molecule has 1 amide bonds. The summed E-state index contributed by atoms with van der Waals surface area (Å²) >= 11 is 0. The van der Waals surface area contributed by atoms with Gasteiger partial charge in [0.1, 0.15) is 6.10 Å². The Hall–Kier alpha value is -3.48. The fourth-order valence-corrected chi connectivity index (χ4v) is 7.25. The number of aliphatic hydroxyl groups excluding tert-OH is 2. The van der Waals surface area contributed by atoms with E-state index in [-0.39, 0.29) is 24.9 Å². The lowest BCUT2D eigenvalue weighted by Gasteiger charge is -2.24. The quantitative estimate of drug-likeness (QED) is 0.0245. The number of carbonyl (C=O) groups excluding carboxylic acids is 2. The van der Waals surface area contributed by atoms with E-state index >= 15 is 0 Å². The normalized spacial score (nSPS) is 14.1. The summed E-state index contributed by atoms with van der Waals surface area (Å²) in [5.74, 6) is -0.634. The van der Waals surface area contributed by atoms with Crippen LogP contribution in [-0.4, -0.2) is 46.9 Å².